The summed E-state index contributed by atoms with van der Waals surface area (Å²) < 4.78 is 7.18. The van der Waals surface area contributed by atoms with Crippen LogP contribution in [0.15, 0.2) is 54.6 Å². The molecule has 0 saturated carbocycles. The fourth-order valence-corrected chi connectivity index (χ4v) is 3.15. The zero-order chi connectivity index (χ0) is 19.5. The molecule has 4 rings (SSSR count). The van der Waals surface area contributed by atoms with Crippen molar-refractivity contribution in [1.29, 1.82) is 0 Å². The number of hydrogen-bond acceptors (Lipinski definition) is 5. The molecule has 8 nitrogen and oxygen atoms in total. The number of aryl methyl sites for hydroxylation is 1. The van der Waals surface area contributed by atoms with Crippen molar-refractivity contribution < 1.29 is 9.53 Å². The molecule has 1 N–H and O–H groups in total. The molecule has 2 aromatic heterocycles. The topological polar surface area (TPSA) is 86.9 Å². The molecule has 0 aliphatic rings. The highest BCUT2D eigenvalue weighted by molar-refractivity contribution is 6.06. The maximum absolute atomic E-state index is 13.0. The number of tetrazole rings is 1. The third kappa shape index (κ3) is 3.49. The maximum atomic E-state index is 13.0. The van der Waals surface area contributed by atoms with Gasteiger partial charge < -0.3 is 14.6 Å². The van der Waals surface area contributed by atoms with Crippen molar-refractivity contribution >= 4 is 22.5 Å². The van der Waals surface area contributed by atoms with Crippen molar-refractivity contribution in [1.82, 2.24) is 24.8 Å². The normalized spacial score (nSPS) is 11.1. The molecule has 1 amide bonds. The van der Waals surface area contributed by atoms with Gasteiger partial charge in [0.1, 0.15) is 5.69 Å². The molecule has 0 atom stereocenters. The molecule has 0 spiro atoms. The van der Waals surface area contributed by atoms with Gasteiger partial charge in [0.2, 0.25) is 5.82 Å². The minimum atomic E-state index is -0.184. The molecule has 142 valence electrons. The second-order valence-electron chi connectivity index (χ2n) is 6.37. The first-order valence-electron chi connectivity index (χ1n) is 8.88. The predicted octanol–water partition coefficient (Wildman–Crippen LogP) is 2.73. The third-order valence-corrected chi connectivity index (χ3v) is 4.45. The number of nitrogens with one attached hydrogen (secondary N) is 1. The Morgan fingerprint density at radius 3 is 2.79 bits per heavy atom. The number of ether oxygens (including phenoxy) is 1. The first kappa shape index (κ1) is 17.9. The molecular weight excluding hydrogens is 356 g/mol. The highest BCUT2D eigenvalue weighted by atomic mass is 16.5. The van der Waals surface area contributed by atoms with Gasteiger partial charge in [-0.15, -0.1) is 10.2 Å². The summed E-state index contributed by atoms with van der Waals surface area (Å²) in [6.45, 7) is 1.11. The Morgan fingerprint density at radius 2 is 2.00 bits per heavy atom. The molecule has 0 bridgehead atoms. The highest BCUT2D eigenvalue weighted by Crippen LogP contribution is 2.23. The Balaban J connectivity index is 1.64. The fraction of sp³-hybridized carbons (Fsp3) is 0.200. The number of carbonyl (C=O) groups excluding carboxylic acids is 1. The van der Waals surface area contributed by atoms with Crippen molar-refractivity contribution in [3.05, 3.63) is 60.3 Å². The van der Waals surface area contributed by atoms with Gasteiger partial charge in [-0.1, -0.05) is 30.3 Å². The van der Waals surface area contributed by atoms with E-state index >= 15 is 0 Å². The van der Waals surface area contributed by atoms with Crippen LogP contribution < -0.4 is 5.32 Å². The smallest absolute Gasteiger partial charge is 0.272 e. The number of nitrogens with zero attached hydrogens (tertiary/aromatic N) is 5. The van der Waals surface area contributed by atoms with E-state index in [1.165, 1.54) is 4.80 Å². The quantitative estimate of drug-likeness (QED) is 0.559. The Labute approximate surface area is 161 Å². The first-order chi connectivity index (χ1) is 13.7. The number of hydrogen-bond donors (Lipinski definition) is 1. The second kappa shape index (κ2) is 7.61. The summed E-state index contributed by atoms with van der Waals surface area (Å²) in [5, 5.41) is 16.0. The first-order valence-corrected chi connectivity index (χ1v) is 8.88. The zero-order valence-electron chi connectivity index (χ0n) is 15.7. The number of anilines is 1. The van der Waals surface area contributed by atoms with Crippen LogP contribution in [-0.4, -0.2) is 44.4 Å². The van der Waals surface area contributed by atoms with Gasteiger partial charge in [-0.25, -0.2) is 0 Å². The molecule has 0 radical (unpaired) electrons. The summed E-state index contributed by atoms with van der Waals surface area (Å²) in [5.74, 6) is 0.323. The lowest BCUT2D eigenvalue weighted by atomic mass is 10.2. The predicted molar refractivity (Wildman–Crippen MR) is 106 cm³/mol. The number of methoxy groups -OCH3 is 1. The van der Waals surface area contributed by atoms with Gasteiger partial charge in [0.25, 0.3) is 5.91 Å². The average Bonchev–Trinajstić information content (AvgIpc) is 3.30. The van der Waals surface area contributed by atoms with Gasteiger partial charge in [-0.05, 0) is 29.5 Å². The number of fused-ring (bicyclic) bond motifs is 1. The van der Waals surface area contributed by atoms with E-state index in [2.05, 4.69) is 20.7 Å². The van der Waals surface area contributed by atoms with E-state index in [4.69, 9.17) is 4.74 Å². The Kier molecular flexibility index (Phi) is 4.86. The minimum Gasteiger partial charge on any atom is -0.383 e. The number of para-hydroxylation sites is 1. The maximum Gasteiger partial charge on any atom is 0.272 e. The van der Waals surface area contributed by atoms with Crippen LogP contribution in [0.3, 0.4) is 0 Å². The van der Waals surface area contributed by atoms with Crippen LogP contribution in [0.25, 0.3) is 22.3 Å². The van der Waals surface area contributed by atoms with Crippen LogP contribution in [0, 0.1) is 0 Å². The monoisotopic (exact) mass is 376 g/mol. The van der Waals surface area contributed by atoms with E-state index in [1.54, 1.807) is 14.2 Å². The van der Waals surface area contributed by atoms with Crippen molar-refractivity contribution in [2.45, 2.75) is 6.54 Å². The molecule has 0 aliphatic heterocycles. The largest absolute Gasteiger partial charge is 0.383 e. The molecule has 0 aliphatic carbocycles. The standard InChI is InChI=1S/C20H20N6O2/c1-25-23-19(22-24-25)15-7-5-8-16(12-15)21-20(27)18-13-14-6-3-4-9-17(14)26(18)10-11-28-2/h3-9,12-13H,10-11H2,1-2H3,(H,21,27). The molecule has 0 fully saturated rings. The number of carbonyl (C=O) groups is 1. The van der Waals surface area contributed by atoms with Crippen LogP contribution in [0.1, 0.15) is 10.5 Å². The summed E-state index contributed by atoms with van der Waals surface area (Å²) >= 11 is 0. The molecule has 4 aromatic rings. The second-order valence-corrected chi connectivity index (χ2v) is 6.37. The molecule has 0 saturated heterocycles. The van der Waals surface area contributed by atoms with E-state index in [9.17, 15) is 4.79 Å². The van der Waals surface area contributed by atoms with Gasteiger partial charge in [-0.3, -0.25) is 4.79 Å². The van der Waals surface area contributed by atoms with E-state index in [-0.39, 0.29) is 5.91 Å². The number of rotatable bonds is 6. The van der Waals surface area contributed by atoms with Crippen LogP contribution in [0.5, 0.6) is 0 Å². The van der Waals surface area contributed by atoms with Crippen LogP contribution in [0.4, 0.5) is 5.69 Å². The molecule has 28 heavy (non-hydrogen) atoms. The Bertz CT molecular complexity index is 1130. The molecule has 2 aromatic carbocycles. The molecule has 0 unspecified atom stereocenters. The van der Waals surface area contributed by atoms with Crippen molar-refractivity contribution in [3.8, 4) is 11.4 Å². The van der Waals surface area contributed by atoms with Crippen molar-refractivity contribution in [2.24, 2.45) is 7.05 Å². The highest BCUT2D eigenvalue weighted by Gasteiger charge is 2.16. The summed E-state index contributed by atoms with van der Waals surface area (Å²) in [6, 6.07) is 17.2. The van der Waals surface area contributed by atoms with Gasteiger partial charge in [0.05, 0.1) is 13.7 Å². The number of amides is 1. The van der Waals surface area contributed by atoms with Gasteiger partial charge in [0, 0.05) is 35.8 Å². The van der Waals surface area contributed by atoms with Crippen LogP contribution >= 0.6 is 0 Å². The van der Waals surface area contributed by atoms with Gasteiger partial charge in [0.15, 0.2) is 0 Å². The third-order valence-electron chi connectivity index (χ3n) is 4.45. The Morgan fingerprint density at radius 1 is 1.14 bits per heavy atom. The van der Waals surface area contributed by atoms with Crippen LogP contribution in [0.2, 0.25) is 0 Å². The SMILES string of the molecule is COCCn1c(C(=O)Nc2cccc(-c3nnn(C)n3)c2)cc2ccccc21. The molecule has 2 heterocycles. The number of aromatic nitrogens is 5. The van der Waals surface area contributed by atoms with E-state index in [0.29, 0.717) is 30.4 Å². The van der Waals surface area contributed by atoms with E-state index < -0.39 is 0 Å². The summed E-state index contributed by atoms with van der Waals surface area (Å²) in [6.07, 6.45) is 0. The van der Waals surface area contributed by atoms with E-state index in [1.807, 2.05) is 59.2 Å². The van der Waals surface area contributed by atoms with E-state index in [0.717, 1.165) is 16.5 Å². The zero-order valence-corrected chi connectivity index (χ0v) is 15.7. The lowest BCUT2D eigenvalue weighted by molar-refractivity contribution is 0.101. The average molecular weight is 376 g/mol. The van der Waals surface area contributed by atoms with Crippen LogP contribution in [-0.2, 0) is 18.3 Å². The number of benzene rings is 2. The Hall–Kier alpha value is -3.52. The molecular formula is C20H20N6O2. The molecule has 8 heteroatoms. The van der Waals surface area contributed by atoms with Crippen molar-refractivity contribution in [2.75, 3.05) is 19.0 Å². The summed E-state index contributed by atoms with van der Waals surface area (Å²) in [4.78, 5) is 14.4. The lowest BCUT2D eigenvalue weighted by Gasteiger charge is -2.11. The van der Waals surface area contributed by atoms with Gasteiger partial charge >= 0.3 is 0 Å². The summed E-state index contributed by atoms with van der Waals surface area (Å²) in [5.41, 5.74) is 3.04. The van der Waals surface area contributed by atoms with Gasteiger partial charge in [-0.2, -0.15) is 4.80 Å². The lowest BCUT2D eigenvalue weighted by Crippen LogP contribution is -2.18. The minimum absolute atomic E-state index is 0.184. The fourth-order valence-electron chi connectivity index (χ4n) is 3.15. The summed E-state index contributed by atoms with van der Waals surface area (Å²) in [7, 11) is 3.36. The van der Waals surface area contributed by atoms with Crippen molar-refractivity contribution in [3.63, 3.8) is 0 Å².